The van der Waals surface area contributed by atoms with Crippen molar-refractivity contribution in [3.63, 3.8) is 0 Å². The van der Waals surface area contributed by atoms with Crippen LogP contribution in [0.25, 0.3) is 0 Å². The Kier molecular flexibility index (Phi) is 5.05. The topological polar surface area (TPSA) is 29.9 Å². The van der Waals surface area contributed by atoms with E-state index in [1.165, 1.54) is 38.5 Å². The van der Waals surface area contributed by atoms with E-state index in [1.807, 2.05) is 18.7 Å². The zero-order chi connectivity index (χ0) is 11.9. The normalized spacial score (nSPS) is 25.7. The molecule has 0 aromatic carbocycles. The number of aryl methyl sites for hydroxylation is 1. The second-order valence-electron chi connectivity index (χ2n) is 5.42. The maximum atomic E-state index is 4.05. The molecular weight excluding hydrogens is 210 g/mol. The molecule has 0 saturated heterocycles. The third-order valence-electron chi connectivity index (χ3n) is 3.84. The first-order valence-electron chi connectivity index (χ1n) is 7.03. The van der Waals surface area contributed by atoms with Crippen LogP contribution in [0.3, 0.4) is 0 Å². The molecule has 1 aliphatic rings. The van der Waals surface area contributed by atoms with E-state index in [2.05, 4.69) is 21.8 Å². The summed E-state index contributed by atoms with van der Waals surface area (Å²) in [7, 11) is 0. The second kappa shape index (κ2) is 6.80. The van der Waals surface area contributed by atoms with Crippen LogP contribution in [0, 0.1) is 5.92 Å². The van der Waals surface area contributed by atoms with E-state index in [4.69, 9.17) is 0 Å². The molecule has 2 rings (SSSR count). The first-order chi connectivity index (χ1) is 8.34. The van der Waals surface area contributed by atoms with Crippen LogP contribution in [0.15, 0.2) is 18.7 Å². The number of imidazole rings is 1. The highest BCUT2D eigenvalue weighted by Gasteiger charge is 2.14. The molecule has 2 atom stereocenters. The van der Waals surface area contributed by atoms with Gasteiger partial charge in [0.15, 0.2) is 0 Å². The average Bonchev–Trinajstić information content (AvgIpc) is 2.75. The van der Waals surface area contributed by atoms with E-state index in [1.54, 1.807) is 0 Å². The molecule has 1 aliphatic carbocycles. The predicted octanol–water partition coefficient (Wildman–Crippen LogP) is 2.83. The van der Waals surface area contributed by atoms with Crippen molar-refractivity contribution in [3.8, 4) is 0 Å². The van der Waals surface area contributed by atoms with Crippen molar-refractivity contribution in [2.24, 2.45) is 5.92 Å². The molecule has 3 nitrogen and oxygen atoms in total. The minimum atomic E-state index is 0.766. The van der Waals surface area contributed by atoms with Crippen LogP contribution in [0.4, 0.5) is 0 Å². The number of hydrogen-bond acceptors (Lipinski definition) is 2. The van der Waals surface area contributed by atoms with Gasteiger partial charge in [0.25, 0.3) is 0 Å². The van der Waals surface area contributed by atoms with E-state index >= 15 is 0 Å². The van der Waals surface area contributed by atoms with Crippen LogP contribution < -0.4 is 5.32 Å². The van der Waals surface area contributed by atoms with Gasteiger partial charge in [0.05, 0.1) is 6.33 Å². The lowest BCUT2D eigenvalue weighted by Gasteiger charge is -2.16. The standard InChI is InChI=1S/C14H25N3/c1-13-4-2-5-14(7-6-13)16-8-3-10-17-11-9-15-12-17/h9,11-14,16H,2-8,10H2,1H3. The molecule has 0 bridgehead atoms. The van der Waals surface area contributed by atoms with E-state index in [-0.39, 0.29) is 0 Å². The summed E-state index contributed by atoms with van der Waals surface area (Å²) in [6.07, 6.45) is 13.9. The highest BCUT2D eigenvalue weighted by Crippen LogP contribution is 2.22. The summed E-state index contributed by atoms with van der Waals surface area (Å²) in [6.45, 7) is 4.61. The quantitative estimate of drug-likeness (QED) is 0.628. The summed E-state index contributed by atoms with van der Waals surface area (Å²) in [4.78, 5) is 4.05. The highest BCUT2D eigenvalue weighted by atomic mass is 15.0. The van der Waals surface area contributed by atoms with Gasteiger partial charge in [-0.1, -0.05) is 19.8 Å². The lowest BCUT2D eigenvalue weighted by atomic mass is 10.0. The molecule has 1 N–H and O–H groups in total. The lowest BCUT2D eigenvalue weighted by molar-refractivity contribution is 0.437. The Morgan fingerprint density at radius 2 is 2.24 bits per heavy atom. The summed E-state index contributed by atoms with van der Waals surface area (Å²) >= 11 is 0. The molecule has 1 heterocycles. The van der Waals surface area contributed by atoms with Gasteiger partial charge in [-0.2, -0.15) is 0 Å². The number of hydrogen-bond donors (Lipinski definition) is 1. The molecule has 0 spiro atoms. The minimum Gasteiger partial charge on any atom is -0.337 e. The molecule has 1 fully saturated rings. The van der Waals surface area contributed by atoms with Crippen LogP contribution in [0.5, 0.6) is 0 Å². The fourth-order valence-electron chi connectivity index (χ4n) is 2.68. The number of nitrogens with zero attached hydrogens (tertiary/aromatic N) is 2. The number of nitrogens with one attached hydrogen (secondary N) is 1. The van der Waals surface area contributed by atoms with Crippen molar-refractivity contribution < 1.29 is 0 Å². The molecule has 0 aliphatic heterocycles. The first-order valence-corrected chi connectivity index (χ1v) is 7.03. The van der Waals surface area contributed by atoms with Gasteiger partial charge >= 0.3 is 0 Å². The summed E-state index contributed by atoms with van der Waals surface area (Å²) in [5.41, 5.74) is 0. The zero-order valence-electron chi connectivity index (χ0n) is 10.9. The summed E-state index contributed by atoms with van der Waals surface area (Å²) in [5, 5.41) is 3.71. The van der Waals surface area contributed by atoms with Crippen molar-refractivity contribution in [1.29, 1.82) is 0 Å². The maximum Gasteiger partial charge on any atom is 0.0945 e. The largest absolute Gasteiger partial charge is 0.337 e. The van der Waals surface area contributed by atoms with E-state index in [0.717, 1.165) is 25.0 Å². The predicted molar refractivity (Wildman–Crippen MR) is 70.9 cm³/mol. The van der Waals surface area contributed by atoms with E-state index in [0.29, 0.717) is 0 Å². The van der Waals surface area contributed by atoms with Crippen molar-refractivity contribution in [1.82, 2.24) is 14.9 Å². The van der Waals surface area contributed by atoms with E-state index < -0.39 is 0 Å². The molecule has 1 saturated carbocycles. The molecular formula is C14H25N3. The van der Waals surface area contributed by atoms with Crippen LogP contribution >= 0.6 is 0 Å². The van der Waals surface area contributed by atoms with Crippen LogP contribution in [-0.4, -0.2) is 22.1 Å². The lowest BCUT2D eigenvalue weighted by Crippen LogP contribution is -2.29. The van der Waals surface area contributed by atoms with Gasteiger partial charge in [-0.3, -0.25) is 0 Å². The van der Waals surface area contributed by atoms with E-state index in [9.17, 15) is 0 Å². The molecule has 0 amide bonds. The number of rotatable bonds is 5. The van der Waals surface area contributed by atoms with Gasteiger partial charge in [-0.05, 0) is 38.1 Å². The Balaban J connectivity index is 1.58. The van der Waals surface area contributed by atoms with Crippen molar-refractivity contribution in [2.75, 3.05) is 6.54 Å². The van der Waals surface area contributed by atoms with Gasteiger partial charge < -0.3 is 9.88 Å². The number of aromatic nitrogens is 2. The van der Waals surface area contributed by atoms with Crippen LogP contribution in [-0.2, 0) is 6.54 Å². The highest BCUT2D eigenvalue weighted by molar-refractivity contribution is 4.75. The smallest absolute Gasteiger partial charge is 0.0945 e. The second-order valence-corrected chi connectivity index (χ2v) is 5.42. The third kappa shape index (κ3) is 4.50. The molecule has 0 radical (unpaired) electrons. The van der Waals surface area contributed by atoms with Crippen LogP contribution in [0.1, 0.15) is 45.4 Å². The van der Waals surface area contributed by atoms with Crippen molar-refractivity contribution in [2.45, 2.75) is 58.0 Å². The molecule has 3 heteroatoms. The van der Waals surface area contributed by atoms with Crippen molar-refractivity contribution >= 4 is 0 Å². The van der Waals surface area contributed by atoms with Crippen molar-refractivity contribution in [3.05, 3.63) is 18.7 Å². The molecule has 96 valence electrons. The van der Waals surface area contributed by atoms with Gasteiger partial charge in [0.2, 0.25) is 0 Å². The minimum absolute atomic E-state index is 0.766. The fraction of sp³-hybridized carbons (Fsp3) is 0.786. The average molecular weight is 235 g/mol. The fourth-order valence-corrected chi connectivity index (χ4v) is 2.68. The Labute approximate surface area is 105 Å². The van der Waals surface area contributed by atoms with Gasteiger partial charge in [0, 0.05) is 25.0 Å². The first kappa shape index (κ1) is 12.6. The Morgan fingerprint density at radius 3 is 3.06 bits per heavy atom. The van der Waals surface area contributed by atoms with Crippen LogP contribution in [0.2, 0.25) is 0 Å². The Morgan fingerprint density at radius 1 is 1.29 bits per heavy atom. The molecule has 2 unspecified atom stereocenters. The Bertz CT molecular complexity index is 294. The molecule has 1 aromatic heterocycles. The maximum absolute atomic E-state index is 4.05. The van der Waals surface area contributed by atoms with Gasteiger partial charge in [-0.15, -0.1) is 0 Å². The summed E-state index contributed by atoms with van der Waals surface area (Å²) in [5.74, 6) is 0.938. The summed E-state index contributed by atoms with van der Waals surface area (Å²) < 4.78 is 2.15. The summed E-state index contributed by atoms with van der Waals surface area (Å²) in [6, 6.07) is 0.766. The zero-order valence-corrected chi connectivity index (χ0v) is 10.9. The van der Waals surface area contributed by atoms with Gasteiger partial charge in [-0.25, -0.2) is 4.98 Å². The molecule has 17 heavy (non-hydrogen) atoms. The SMILES string of the molecule is CC1CCCC(NCCCn2ccnc2)CC1. The third-order valence-corrected chi connectivity index (χ3v) is 3.84. The van der Waals surface area contributed by atoms with Gasteiger partial charge in [0.1, 0.15) is 0 Å². The monoisotopic (exact) mass is 235 g/mol. The molecule has 1 aromatic rings. The Hall–Kier alpha value is -0.830.